The Labute approximate surface area is 87.1 Å². The van der Waals surface area contributed by atoms with E-state index in [9.17, 15) is 8.42 Å². The predicted molar refractivity (Wildman–Crippen MR) is 53.4 cm³/mol. The molecule has 3 nitrogen and oxygen atoms in total. The smallest absolute Gasteiger partial charge is 0.236 e. The van der Waals surface area contributed by atoms with E-state index in [1.54, 1.807) is 6.07 Å². The van der Waals surface area contributed by atoms with Gasteiger partial charge in [-0.3, -0.25) is 0 Å². The second-order valence-corrected chi connectivity index (χ2v) is 6.06. The Hall–Kier alpha value is -0.580. The Kier molecular flexibility index (Phi) is 2.51. The maximum Gasteiger partial charge on any atom is 0.236 e. The van der Waals surface area contributed by atoms with Crippen LogP contribution in [0.15, 0.2) is 18.2 Å². The van der Waals surface area contributed by atoms with Gasteiger partial charge in [0.25, 0.3) is 0 Å². The van der Waals surface area contributed by atoms with Crippen molar-refractivity contribution in [3.8, 4) is 0 Å². The highest BCUT2D eigenvalue weighted by Crippen LogP contribution is 2.22. The first-order valence-corrected chi connectivity index (χ1v) is 6.63. The molecule has 1 heterocycles. The van der Waals surface area contributed by atoms with Gasteiger partial charge in [-0.1, -0.05) is 18.2 Å². The molecule has 0 bridgehead atoms. The molecule has 0 spiro atoms. The lowest BCUT2D eigenvalue weighted by atomic mass is 10.1. The van der Waals surface area contributed by atoms with Gasteiger partial charge >= 0.3 is 0 Å². The summed E-state index contributed by atoms with van der Waals surface area (Å²) in [5.41, 5.74) is 2.90. The lowest BCUT2D eigenvalue weighted by molar-refractivity contribution is 0.134. The molecule has 1 aliphatic heterocycles. The third-order valence-electron chi connectivity index (χ3n) is 2.12. The molecule has 0 amide bonds. The van der Waals surface area contributed by atoms with Gasteiger partial charge in [0, 0.05) is 10.7 Å². The maximum atomic E-state index is 10.8. The second kappa shape index (κ2) is 3.53. The summed E-state index contributed by atoms with van der Waals surface area (Å²) in [7, 11) is 1.70. The molecular formula is C9H9ClO3S. The topological polar surface area (TPSA) is 43.4 Å². The Balaban J connectivity index is 2.29. The summed E-state index contributed by atoms with van der Waals surface area (Å²) >= 11 is 0. The normalized spacial score (nSPS) is 15.5. The maximum absolute atomic E-state index is 10.8. The fraction of sp³-hybridized carbons (Fsp3) is 0.333. The van der Waals surface area contributed by atoms with Crippen LogP contribution >= 0.6 is 10.7 Å². The number of hydrogen-bond donors (Lipinski definition) is 0. The van der Waals surface area contributed by atoms with Crippen molar-refractivity contribution in [2.45, 2.75) is 19.0 Å². The molecule has 1 aliphatic rings. The monoisotopic (exact) mass is 232 g/mol. The summed E-state index contributed by atoms with van der Waals surface area (Å²) in [5.74, 6) is -0.123. The van der Waals surface area contributed by atoms with Crippen LogP contribution in [0.3, 0.4) is 0 Å². The van der Waals surface area contributed by atoms with Crippen molar-refractivity contribution >= 4 is 19.7 Å². The molecule has 0 fully saturated rings. The summed E-state index contributed by atoms with van der Waals surface area (Å²) < 4.78 is 26.9. The molecule has 0 saturated heterocycles. The fourth-order valence-corrected chi connectivity index (χ4v) is 2.47. The highest BCUT2D eigenvalue weighted by molar-refractivity contribution is 8.13. The minimum atomic E-state index is -3.46. The van der Waals surface area contributed by atoms with E-state index in [4.69, 9.17) is 15.4 Å². The Morgan fingerprint density at radius 3 is 2.71 bits per heavy atom. The van der Waals surface area contributed by atoms with Crippen LogP contribution < -0.4 is 0 Å². The highest BCUT2D eigenvalue weighted by atomic mass is 35.7. The molecule has 76 valence electrons. The summed E-state index contributed by atoms with van der Waals surface area (Å²) in [6.45, 7) is 1.18. The van der Waals surface area contributed by atoms with Crippen LogP contribution in [0.5, 0.6) is 0 Å². The highest BCUT2D eigenvalue weighted by Gasteiger charge is 2.13. The second-order valence-electron chi connectivity index (χ2n) is 3.28. The number of rotatable bonds is 2. The summed E-state index contributed by atoms with van der Waals surface area (Å²) in [6.07, 6.45) is 0. The number of hydrogen-bond acceptors (Lipinski definition) is 3. The van der Waals surface area contributed by atoms with Crippen molar-refractivity contribution in [3.05, 3.63) is 34.9 Å². The molecular weight excluding hydrogens is 224 g/mol. The van der Waals surface area contributed by atoms with Gasteiger partial charge < -0.3 is 4.74 Å². The van der Waals surface area contributed by atoms with Gasteiger partial charge in [0.15, 0.2) is 0 Å². The molecule has 0 atom stereocenters. The minimum Gasteiger partial charge on any atom is -0.372 e. The van der Waals surface area contributed by atoms with Crippen molar-refractivity contribution in [2.75, 3.05) is 0 Å². The van der Waals surface area contributed by atoms with Crippen molar-refractivity contribution < 1.29 is 13.2 Å². The Morgan fingerprint density at radius 2 is 2.00 bits per heavy atom. The van der Waals surface area contributed by atoms with Gasteiger partial charge in [0.1, 0.15) is 0 Å². The number of fused-ring (bicyclic) bond motifs is 1. The van der Waals surface area contributed by atoms with Crippen LogP contribution in [0.1, 0.15) is 16.7 Å². The largest absolute Gasteiger partial charge is 0.372 e. The number of halogens is 1. The van der Waals surface area contributed by atoms with Gasteiger partial charge in [0.2, 0.25) is 9.05 Å². The summed E-state index contributed by atoms with van der Waals surface area (Å²) in [4.78, 5) is 0. The van der Waals surface area contributed by atoms with E-state index in [1.165, 1.54) is 0 Å². The van der Waals surface area contributed by atoms with E-state index in [0.29, 0.717) is 18.8 Å². The molecule has 1 aromatic carbocycles. The van der Waals surface area contributed by atoms with E-state index in [1.807, 2.05) is 12.1 Å². The third kappa shape index (κ3) is 2.26. The van der Waals surface area contributed by atoms with Gasteiger partial charge in [-0.05, 0) is 16.7 Å². The first kappa shape index (κ1) is 9.96. The minimum absolute atomic E-state index is 0.123. The molecule has 0 radical (unpaired) electrons. The Bertz CT molecular complexity index is 453. The SMILES string of the molecule is O=S(=O)(Cl)Cc1ccc2c(c1)COC2. The van der Waals surface area contributed by atoms with Crippen LogP contribution in [0.2, 0.25) is 0 Å². The molecule has 0 aromatic heterocycles. The molecule has 0 unspecified atom stereocenters. The van der Waals surface area contributed by atoms with Crippen molar-refractivity contribution in [1.29, 1.82) is 0 Å². The molecule has 1 aromatic rings. The van der Waals surface area contributed by atoms with Crippen LogP contribution in [-0.2, 0) is 32.8 Å². The van der Waals surface area contributed by atoms with Gasteiger partial charge in [0.05, 0.1) is 19.0 Å². The lowest BCUT2D eigenvalue weighted by Crippen LogP contribution is -1.96. The van der Waals surface area contributed by atoms with Crippen molar-refractivity contribution in [1.82, 2.24) is 0 Å². The molecule has 0 N–H and O–H groups in total. The average molecular weight is 233 g/mol. The van der Waals surface area contributed by atoms with E-state index in [0.717, 1.165) is 11.1 Å². The van der Waals surface area contributed by atoms with Crippen LogP contribution in [0.25, 0.3) is 0 Å². The predicted octanol–water partition coefficient (Wildman–Crippen LogP) is 1.79. The quantitative estimate of drug-likeness (QED) is 0.731. The van der Waals surface area contributed by atoms with E-state index < -0.39 is 9.05 Å². The van der Waals surface area contributed by atoms with E-state index >= 15 is 0 Å². The molecule has 0 saturated carbocycles. The average Bonchev–Trinajstić information content (AvgIpc) is 2.47. The van der Waals surface area contributed by atoms with Crippen LogP contribution in [0, 0.1) is 0 Å². The van der Waals surface area contributed by atoms with Gasteiger partial charge in [-0.25, -0.2) is 8.42 Å². The first-order valence-electron chi connectivity index (χ1n) is 4.15. The fourth-order valence-electron chi connectivity index (χ4n) is 1.51. The molecule has 0 aliphatic carbocycles. The Morgan fingerprint density at radius 1 is 1.29 bits per heavy atom. The van der Waals surface area contributed by atoms with Gasteiger partial charge in [-0.2, -0.15) is 0 Å². The standard InChI is InChI=1S/C9H9ClO3S/c10-14(11,12)6-7-1-2-8-4-13-5-9(8)3-7/h1-3H,4-6H2. The first-order chi connectivity index (χ1) is 6.54. The zero-order chi connectivity index (χ0) is 10.2. The molecule has 2 rings (SSSR count). The van der Waals surface area contributed by atoms with Crippen LogP contribution in [-0.4, -0.2) is 8.42 Å². The number of benzene rings is 1. The zero-order valence-corrected chi connectivity index (χ0v) is 8.94. The van der Waals surface area contributed by atoms with E-state index in [-0.39, 0.29) is 5.75 Å². The summed E-state index contributed by atoms with van der Waals surface area (Å²) in [5, 5.41) is 0. The van der Waals surface area contributed by atoms with Crippen molar-refractivity contribution in [2.24, 2.45) is 0 Å². The molecule has 5 heteroatoms. The third-order valence-corrected chi connectivity index (χ3v) is 3.13. The zero-order valence-electron chi connectivity index (χ0n) is 7.36. The van der Waals surface area contributed by atoms with Crippen LogP contribution in [0.4, 0.5) is 0 Å². The van der Waals surface area contributed by atoms with Gasteiger partial charge in [-0.15, -0.1) is 0 Å². The number of ether oxygens (including phenoxy) is 1. The molecule has 14 heavy (non-hydrogen) atoms. The van der Waals surface area contributed by atoms with Crippen molar-refractivity contribution in [3.63, 3.8) is 0 Å². The van der Waals surface area contributed by atoms with E-state index in [2.05, 4.69) is 0 Å². The lowest BCUT2D eigenvalue weighted by Gasteiger charge is -2.01. The summed E-state index contributed by atoms with van der Waals surface area (Å²) in [6, 6.07) is 5.50.